The van der Waals surface area contributed by atoms with Crippen molar-refractivity contribution in [3.05, 3.63) is 41.5 Å². The molecule has 23 heavy (non-hydrogen) atoms. The smallest absolute Gasteiger partial charge is 0.160 e. The summed E-state index contributed by atoms with van der Waals surface area (Å²) < 4.78 is 10.8. The number of hydrazone groups is 1. The molecule has 1 aliphatic heterocycles. The lowest BCUT2D eigenvalue weighted by Crippen LogP contribution is -2.22. The second-order valence-electron chi connectivity index (χ2n) is 5.16. The Hall–Kier alpha value is -3.09. The zero-order valence-corrected chi connectivity index (χ0v) is 12.4. The van der Waals surface area contributed by atoms with Crippen molar-refractivity contribution in [2.45, 2.75) is 12.5 Å². The SMILES string of the molecule is COc1ccc(C2CC(=NN)c3c(O)cc(O)cc3O2)cc1O. The number of nitrogens with two attached hydrogens (primary N) is 1. The zero-order chi connectivity index (χ0) is 16.6. The van der Waals surface area contributed by atoms with Crippen molar-refractivity contribution in [2.24, 2.45) is 10.9 Å². The Bertz CT molecular complexity index is 788. The van der Waals surface area contributed by atoms with Crippen LogP contribution in [0.15, 0.2) is 35.4 Å². The van der Waals surface area contributed by atoms with E-state index in [0.717, 1.165) is 0 Å². The number of benzene rings is 2. The van der Waals surface area contributed by atoms with E-state index in [9.17, 15) is 15.3 Å². The van der Waals surface area contributed by atoms with E-state index in [2.05, 4.69) is 5.10 Å². The summed E-state index contributed by atoms with van der Waals surface area (Å²) in [6, 6.07) is 7.50. The Labute approximate surface area is 132 Å². The molecule has 0 fully saturated rings. The van der Waals surface area contributed by atoms with Gasteiger partial charge >= 0.3 is 0 Å². The standard InChI is InChI=1S/C16H16N2O5/c1-22-13-3-2-8(4-11(13)20)14-7-10(18-17)16-12(21)5-9(19)6-15(16)23-14/h2-6,14,19-21H,7,17H2,1H3. The van der Waals surface area contributed by atoms with Crippen molar-refractivity contribution in [3.63, 3.8) is 0 Å². The highest BCUT2D eigenvalue weighted by atomic mass is 16.5. The Morgan fingerprint density at radius 1 is 1.17 bits per heavy atom. The zero-order valence-electron chi connectivity index (χ0n) is 12.4. The van der Waals surface area contributed by atoms with Gasteiger partial charge in [-0.15, -0.1) is 0 Å². The maximum absolute atomic E-state index is 9.98. The Morgan fingerprint density at radius 2 is 1.96 bits per heavy atom. The second kappa shape index (κ2) is 5.60. The van der Waals surface area contributed by atoms with Crippen LogP contribution < -0.4 is 15.3 Å². The van der Waals surface area contributed by atoms with Gasteiger partial charge in [0.2, 0.25) is 0 Å². The summed E-state index contributed by atoms with van der Waals surface area (Å²) in [6.07, 6.45) is -0.157. The second-order valence-corrected chi connectivity index (χ2v) is 5.16. The first-order valence-electron chi connectivity index (χ1n) is 6.90. The maximum atomic E-state index is 9.98. The summed E-state index contributed by atoms with van der Waals surface area (Å²) in [6.45, 7) is 0. The third kappa shape index (κ3) is 2.57. The van der Waals surface area contributed by atoms with Crippen LogP contribution >= 0.6 is 0 Å². The fraction of sp³-hybridized carbons (Fsp3) is 0.188. The number of methoxy groups -OCH3 is 1. The molecule has 0 saturated heterocycles. The molecule has 1 unspecified atom stereocenters. The quantitative estimate of drug-likeness (QED) is 0.497. The molecule has 3 rings (SSSR count). The number of hydrogen-bond acceptors (Lipinski definition) is 7. The molecule has 0 aromatic heterocycles. The number of fused-ring (bicyclic) bond motifs is 1. The van der Waals surface area contributed by atoms with Crippen LogP contribution in [0.3, 0.4) is 0 Å². The van der Waals surface area contributed by atoms with Gasteiger partial charge in [-0.25, -0.2) is 0 Å². The molecule has 2 aromatic rings. The minimum Gasteiger partial charge on any atom is -0.508 e. The van der Waals surface area contributed by atoms with E-state index >= 15 is 0 Å². The van der Waals surface area contributed by atoms with Gasteiger partial charge in [0, 0.05) is 18.6 Å². The first-order chi connectivity index (χ1) is 11.0. The van der Waals surface area contributed by atoms with Gasteiger partial charge in [-0.3, -0.25) is 0 Å². The summed E-state index contributed by atoms with van der Waals surface area (Å²) in [4.78, 5) is 0. The van der Waals surface area contributed by atoms with Gasteiger partial charge in [-0.05, 0) is 17.7 Å². The lowest BCUT2D eigenvalue weighted by atomic mass is 9.94. The highest BCUT2D eigenvalue weighted by Gasteiger charge is 2.29. The highest BCUT2D eigenvalue weighted by molar-refractivity contribution is 6.06. The van der Waals surface area contributed by atoms with Crippen LogP contribution in [-0.2, 0) is 0 Å². The number of nitrogens with zero attached hydrogens (tertiary/aromatic N) is 1. The number of aromatic hydroxyl groups is 3. The van der Waals surface area contributed by atoms with Gasteiger partial charge in [-0.1, -0.05) is 6.07 Å². The molecule has 0 radical (unpaired) electrons. The van der Waals surface area contributed by atoms with Crippen molar-refractivity contribution < 1.29 is 24.8 Å². The average Bonchev–Trinajstić information content (AvgIpc) is 2.53. The van der Waals surface area contributed by atoms with Crippen molar-refractivity contribution in [1.29, 1.82) is 0 Å². The minimum absolute atomic E-state index is 0.00982. The van der Waals surface area contributed by atoms with Crippen LogP contribution in [0.1, 0.15) is 23.7 Å². The summed E-state index contributed by atoms with van der Waals surface area (Å²) in [5.74, 6) is 5.77. The van der Waals surface area contributed by atoms with Crippen molar-refractivity contribution in [2.75, 3.05) is 7.11 Å². The largest absolute Gasteiger partial charge is 0.508 e. The van der Waals surface area contributed by atoms with Crippen LogP contribution in [0.2, 0.25) is 0 Å². The first-order valence-corrected chi connectivity index (χ1v) is 6.90. The van der Waals surface area contributed by atoms with Gasteiger partial charge in [-0.2, -0.15) is 5.10 Å². The maximum Gasteiger partial charge on any atom is 0.160 e. The van der Waals surface area contributed by atoms with E-state index in [4.69, 9.17) is 15.3 Å². The van der Waals surface area contributed by atoms with Gasteiger partial charge in [0.1, 0.15) is 23.4 Å². The van der Waals surface area contributed by atoms with Crippen molar-refractivity contribution in [1.82, 2.24) is 0 Å². The number of hydrogen-bond donors (Lipinski definition) is 4. The summed E-state index contributed by atoms with van der Waals surface area (Å²) in [5.41, 5.74) is 1.50. The van der Waals surface area contributed by atoms with Crippen LogP contribution in [-0.4, -0.2) is 28.1 Å². The molecule has 5 N–H and O–H groups in total. The van der Waals surface area contributed by atoms with E-state index in [0.29, 0.717) is 29.0 Å². The molecule has 0 saturated carbocycles. The molecule has 1 atom stereocenters. The third-order valence-electron chi connectivity index (χ3n) is 3.73. The fourth-order valence-corrected chi connectivity index (χ4v) is 2.65. The molecule has 0 aliphatic carbocycles. The van der Waals surface area contributed by atoms with Crippen molar-refractivity contribution in [3.8, 4) is 28.7 Å². The minimum atomic E-state index is -0.470. The Morgan fingerprint density at radius 3 is 2.61 bits per heavy atom. The highest BCUT2D eigenvalue weighted by Crippen LogP contribution is 2.42. The molecule has 0 spiro atoms. The molecule has 0 amide bonds. The predicted octanol–water partition coefficient (Wildman–Crippen LogP) is 2.00. The molecular formula is C16H16N2O5. The Kier molecular flexibility index (Phi) is 3.61. The number of phenols is 3. The van der Waals surface area contributed by atoms with E-state index in [1.807, 2.05) is 0 Å². The molecule has 1 heterocycles. The fourth-order valence-electron chi connectivity index (χ4n) is 2.65. The van der Waals surface area contributed by atoms with E-state index in [1.54, 1.807) is 12.1 Å². The van der Waals surface area contributed by atoms with Crippen LogP contribution in [0.4, 0.5) is 0 Å². The molecule has 7 nitrogen and oxygen atoms in total. The molecule has 7 heteroatoms. The van der Waals surface area contributed by atoms with E-state index < -0.39 is 6.10 Å². The first kappa shape index (κ1) is 14.8. The van der Waals surface area contributed by atoms with E-state index in [-0.39, 0.29) is 23.0 Å². The molecule has 0 bridgehead atoms. The normalized spacial score (nSPS) is 18.3. The summed E-state index contributed by atoms with van der Waals surface area (Å²) >= 11 is 0. The lowest BCUT2D eigenvalue weighted by molar-refractivity contribution is 0.203. The molecule has 120 valence electrons. The van der Waals surface area contributed by atoms with Gasteiger partial charge in [0.15, 0.2) is 11.5 Å². The molecule has 2 aromatic carbocycles. The van der Waals surface area contributed by atoms with Gasteiger partial charge < -0.3 is 30.6 Å². The summed E-state index contributed by atoms with van der Waals surface area (Å²) in [5, 5.41) is 33.2. The molecule has 1 aliphatic rings. The van der Waals surface area contributed by atoms with Gasteiger partial charge in [0.05, 0.1) is 18.4 Å². The predicted molar refractivity (Wildman–Crippen MR) is 83.1 cm³/mol. The van der Waals surface area contributed by atoms with E-state index in [1.165, 1.54) is 25.3 Å². The Balaban J connectivity index is 2.03. The number of ether oxygens (including phenoxy) is 2. The van der Waals surface area contributed by atoms with Crippen LogP contribution in [0.25, 0.3) is 0 Å². The van der Waals surface area contributed by atoms with Crippen LogP contribution in [0.5, 0.6) is 28.7 Å². The lowest BCUT2D eigenvalue weighted by Gasteiger charge is -2.28. The number of rotatable bonds is 2. The number of phenolic OH excluding ortho intramolecular Hbond substituents is 3. The van der Waals surface area contributed by atoms with Crippen LogP contribution in [0, 0.1) is 0 Å². The van der Waals surface area contributed by atoms with Crippen molar-refractivity contribution >= 4 is 5.71 Å². The molecular weight excluding hydrogens is 300 g/mol. The summed E-state index contributed by atoms with van der Waals surface area (Å²) in [7, 11) is 1.47. The topological polar surface area (TPSA) is 118 Å². The van der Waals surface area contributed by atoms with Gasteiger partial charge in [0.25, 0.3) is 0 Å². The monoisotopic (exact) mass is 316 g/mol. The third-order valence-corrected chi connectivity index (χ3v) is 3.73. The average molecular weight is 316 g/mol.